The molecule has 62 valence electrons. The fourth-order valence-corrected chi connectivity index (χ4v) is 2.95. The van der Waals surface area contributed by atoms with Crippen LogP contribution in [-0.4, -0.2) is 10.2 Å². The number of benzene rings is 1. The van der Waals surface area contributed by atoms with Gasteiger partial charge in [0.2, 0.25) is 0 Å². The van der Waals surface area contributed by atoms with Crippen molar-refractivity contribution in [2.75, 3.05) is 0 Å². The van der Waals surface area contributed by atoms with Crippen LogP contribution >= 0.6 is 0 Å². The maximum Gasteiger partial charge on any atom is 0.0207 e. The van der Waals surface area contributed by atoms with Gasteiger partial charge >= 0.3 is 0 Å². The lowest BCUT2D eigenvalue weighted by atomic mass is 10.0. The van der Waals surface area contributed by atoms with Gasteiger partial charge in [0.05, 0.1) is 0 Å². The van der Waals surface area contributed by atoms with Crippen LogP contribution in [0.1, 0.15) is 25.0 Å². The van der Waals surface area contributed by atoms with Gasteiger partial charge < -0.3 is 0 Å². The highest BCUT2D eigenvalue weighted by molar-refractivity contribution is 6.19. The lowest BCUT2D eigenvalue weighted by molar-refractivity contribution is 0.879. The van der Waals surface area contributed by atoms with Crippen LogP contribution < -0.4 is 0 Å². The Morgan fingerprint density at radius 2 is 1.92 bits per heavy atom. The summed E-state index contributed by atoms with van der Waals surface area (Å²) < 4.78 is 0. The van der Waals surface area contributed by atoms with E-state index in [1.54, 1.807) is 0 Å². The van der Waals surface area contributed by atoms with E-state index in [-0.39, 0.29) is 0 Å². The normalized spacial score (nSPS) is 27.0. The van der Waals surface area contributed by atoms with E-state index in [2.05, 4.69) is 44.2 Å². The molecule has 0 spiro atoms. The van der Waals surface area contributed by atoms with E-state index in [1.807, 2.05) is 0 Å². The van der Waals surface area contributed by atoms with E-state index < -0.39 is 0 Å². The van der Waals surface area contributed by atoms with E-state index in [1.165, 1.54) is 26.9 Å². The van der Waals surface area contributed by atoms with Crippen molar-refractivity contribution in [2.45, 2.75) is 18.9 Å². The number of allylic oxidation sites excluding steroid dienone is 2. The van der Waals surface area contributed by atoms with Crippen molar-refractivity contribution >= 4 is 15.8 Å². The summed E-state index contributed by atoms with van der Waals surface area (Å²) in [6.07, 6.45) is 2.41. The maximum atomic E-state index is 2.41. The van der Waals surface area contributed by atoms with Crippen LogP contribution in [0.15, 0.2) is 30.3 Å². The molecule has 0 fully saturated rings. The second-order valence-corrected chi connectivity index (χ2v) is 6.17. The summed E-state index contributed by atoms with van der Waals surface area (Å²) in [4.78, 5) is 0. The summed E-state index contributed by atoms with van der Waals surface area (Å²) in [6, 6.07) is 8.75. The van der Waals surface area contributed by atoms with Gasteiger partial charge in [-0.25, -0.2) is 0 Å². The average molecular weight is 174 g/mol. The molecule has 0 amide bonds. The number of rotatable bonds is 0. The molecule has 0 heterocycles. The van der Waals surface area contributed by atoms with Gasteiger partial charge in [0.15, 0.2) is 0 Å². The lowest BCUT2D eigenvalue weighted by Gasteiger charge is -2.16. The Balaban J connectivity index is 2.68. The molecule has 0 saturated carbocycles. The molecule has 0 bridgehead atoms. The van der Waals surface area contributed by atoms with Crippen molar-refractivity contribution in [3.63, 3.8) is 0 Å². The third-order valence-electron chi connectivity index (χ3n) is 2.62. The Morgan fingerprint density at radius 3 is 2.58 bits per heavy atom. The molecule has 1 heteroatoms. The first kappa shape index (κ1) is 7.81. The highest BCUT2D eigenvalue weighted by atomic mass is 28.1. The minimum absolute atomic E-state index is 0.376. The third-order valence-corrected chi connectivity index (χ3v) is 3.45. The molecule has 0 aromatic heterocycles. The van der Waals surface area contributed by atoms with E-state index in [4.69, 9.17) is 0 Å². The standard InChI is InChI=1S/C11H14Si/c1-8-7-11(2,12)10-6-4-3-5-9(8)10/h3-7H,1-2,12H3. The first-order valence-electron chi connectivity index (χ1n) is 4.40. The zero-order valence-corrected chi connectivity index (χ0v) is 9.89. The molecule has 2 rings (SSSR count). The highest BCUT2D eigenvalue weighted by Crippen LogP contribution is 2.37. The van der Waals surface area contributed by atoms with Crippen LogP contribution in [0, 0.1) is 0 Å². The first-order valence-corrected chi connectivity index (χ1v) is 5.40. The molecule has 0 saturated heterocycles. The number of fused-ring (bicyclic) bond motifs is 1. The van der Waals surface area contributed by atoms with Crippen LogP contribution in [0.4, 0.5) is 0 Å². The molecule has 1 unspecified atom stereocenters. The van der Waals surface area contributed by atoms with E-state index in [0.717, 1.165) is 0 Å². The summed E-state index contributed by atoms with van der Waals surface area (Å²) in [7, 11) is 1.20. The molecule has 0 nitrogen and oxygen atoms in total. The van der Waals surface area contributed by atoms with Crippen molar-refractivity contribution in [3.8, 4) is 0 Å². The molecule has 1 atom stereocenters. The maximum absolute atomic E-state index is 2.41. The molecule has 1 aromatic carbocycles. The van der Waals surface area contributed by atoms with Crippen LogP contribution in [0.2, 0.25) is 0 Å². The molecule has 0 radical (unpaired) electrons. The number of hydrogen-bond acceptors (Lipinski definition) is 0. The second kappa shape index (κ2) is 2.33. The predicted molar refractivity (Wildman–Crippen MR) is 57.4 cm³/mol. The Morgan fingerprint density at radius 1 is 1.25 bits per heavy atom. The summed E-state index contributed by atoms with van der Waals surface area (Å²) in [6.45, 7) is 4.54. The zero-order valence-electron chi connectivity index (χ0n) is 7.89. The van der Waals surface area contributed by atoms with Crippen molar-refractivity contribution in [2.24, 2.45) is 0 Å². The Labute approximate surface area is 76.7 Å². The third kappa shape index (κ3) is 0.968. The van der Waals surface area contributed by atoms with Gasteiger partial charge in [-0.2, -0.15) is 0 Å². The van der Waals surface area contributed by atoms with E-state index in [9.17, 15) is 0 Å². The fraction of sp³-hybridized carbons (Fsp3) is 0.273. The van der Waals surface area contributed by atoms with Gasteiger partial charge in [-0.1, -0.05) is 37.3 Å². The van der Waals surface area contributed by atoms with Crippen molar-refractivity contribution in [3.05, 3.63) is 41.5 Å². The minimum Gasteiger partial charge on any atom is -0.0744 e. The quantitative estimate of drug-likeness (QED) is 0.525. The molecule has 1 aliphatic carbocycles. The van der Waals surface area contributed by atoms with E-state index in [0.29, 0.717) is 5.04 Å². The largest absolute Gasteiger partial charge is 0.0744 e. The van der Waals surface area contributed by atoms with Gasteiger partial charge in [0.1, 0.15) is 0 Å². The molecular weight excluding hydrogens is 160 g/mol. The van der Waals surface area contributed by atoms with Crippen LogP contribution in [-0.2, 0) is 5.04 Å². The second-order valence-electron chi connectivity index (χ2n) is 4.09. The Bertz CT molecular complexity index is 348. The summed E-state index contributed by atoms with van der Waals surface area (Å²) >= 11 is 0. The molecule has 1 aromatic rings. The van der Waals surface area contributed by atoms with Crippen LogP contribution in [0.3, 0.4) is 0 Å². The SMILES string of the molecule is CC1=CC(C)([SiH3])c2ccccc21. The Kier molecular flexibility index (Phi) is 1.52. The first-order chi connectivity index (χ1) is 5.61. The lowest BCUT2D eigenvalue weighted by Crippen LogP contribution is -2.15. The van der Waals surface area contributed by atoms with Crippen molar-refractivity contribution in [1.82, 2.24) is 0 Å². The highest BCUT2D eigenvalue weighted by Gasteiger charge is 2.26. The van der Waals surface area contributed by atoms with Gasteiger partial charge in [-0.15, -0.1) is 0 Å². The Hall–Kier alpha value is -0.823. The molecular formula is C11H14Si. The minimum atomic E-state index is 0.376. The van der Waals surface area contributed by atoms with Gasteiger partial charge in [0, 0.05) is 10.2 Å². The smallest absolute Gasteiger partial charge is 0.0207 e. The summed E-state index contributed by atoms with van der Waals surface area (Å²) in [5, 5.41) is 0.376. The monoisotopic (exact) mass is 174 g/mol. The van der Waals surface area contributed by atoms with E-state index >= 15 is 0 Å². The molecule has 1 aliphatic rings. The zero-order chi connectivity index (χ0) is 8.77. The average Bonchev–Trinajstić information content (AvgIpc) is 2.25. The fourth-order valence-electron chi connectivity index (χ4n) is 2.09. The van der Waals surface area contributed by atoms with Gasteiger partial charge in [-0.3, -0.25) is 0 Å². The number of hydrogen-bond donors (Lipinski definition) is 0. The molecule has 12 heavy (non-hydrogen) atoms. The summed E-state index contributed by atoms with van der Waals surface area (Å²) in [5.74, 6) is 0. The van der Waals surface area contributed by atoms with Gasteiger partial charge in [0.25, 0.3) is 0 Å². The van der Waals surface area contributed by atoms with Crippen molar-refractivity contribution < 1.29 is 0 Å². The van der Waals surface area contributed by atoms with Gasteiger partial charge in [-0.05, 0) is 28.7 Å². The van der Waals surface area contributed by atoms with Crippen LogP contribution in [0.5, 0.6) is 0 Å². The van der Waals surface area contributed by atoms with Crippen molar-refractivity contribution in [1.29, 1.82) is 0 Å². The topological polar surface area (TPSA) is 0 Å². The van der Waals surface area contributed by atoms with Crippen LogP contribution in [0.25, 0.3) is 5.57 Å². The summed E-state index contributed by atoms with van der Waals surface area (Å²) in [5.41, 5.74) is 4.42. The predicted octanol–water partition coefficient (Wildman–Crippen LogP) is 1.68. The molecule has 0 aliphatic heterocycles. The molecule has 0 N–H and O–H groups in total.